The summed E-state index contributed by atoms with van der Waals surface area (Å²) in [4.78, 5) is 0. The minimum absolute atomic E-state index is 0. The van der Waals surface area contributed by atoms with Crippen molar-refractivity contribution in [3.8, 4) is 34.1 Å². The van der Waals surface area contributed by atoms with Crippen LogP contribution in [-0.2, 0) is 55.6 Å². The Morgan fingerprint density at radius 2 is 0.476 bits per heavy atom. The molecule has 0 saturated carbocycles. The van der Waals surface area contributed by atoms with Gasteiger partial charge in [-0.3, -0.25) is 11.8 Å². The predicted octanol–water partition coefficient (Wildman–Crippen LogP) is 16.7. The maximum Gasteiger partial charge on any atom is 1.00 e. The molecule has 84 heavy (non-hydrogen) atoms. The SMILES string of the molecule is [Au+].[Au+].[C-]#Cc1ccc2c(c1)-c1ccccc1C2(c1ccccc1)c1ccccc1.[C-]#Cc1ccc2c(c1)-c1ccccc1C2(c1ccccc1)c1ccccc1.c1ccc([PH+](CC[PH+](c2ccccc2)c2ccccc2)c2ccccc2)cc1. The van der Waals surface area contributed by atoms with Crippen LogP contribution < -0.4 is 21.2 Å². The summed E-state index contributed by atoms with van der Waals surface area (Å²) < 4.78 is 0. The van der Waals surface area contributed by atoms with Gasteiger partial charge in [0.2, 0.25) is 0 Å². The van der Waals surface area contributed by atoms with Crippen molar-refractivity contribution in [3.63, 3.8) is 0 Å². The third-order valence-corrected chi connectivity index (χ3v) is 22.4. The van der Waals surface area contributed by atoms with Gasteiger partial charge in [0.25, 0.3) is 0 Å². The Morgan fingerprint density at radius 1 is 0.250 bits per heavy atom. The maximum atomic E-state index is 7.57. The molecule has 0 heterocycles. The third-order valence-electron chi connectivity index (χ3n) is 16.3. The number of hydrogen-bond acceptors (Lipinski definition) is 0. The molecule has 14 rings (SSSR count). The Hall–Kier alpha value is -7.90. The van der Waals surface area contributed by atoms with Crippen LogP contribution in [-0.4, -0.2) is 12.3 Å². The third kappa shape index (κ3) is 11.6. The van der Waals surface area contributed by atoms with Gasteiger partial charge in [-0.2, -0.15) is 0 Å². The van der Waals surface area contributed by atoms with Gasteiger partial charge >= 0.3 is 44.8 Å². The molecular formula is C80H60Au2P2+2. The molecule has 12 aromatic rings. The Kier molecular flexibility index (Phi) is 19.5. The molecule has 0 amide bonds. The molecule has 0 atom stereocenters. The number of rotatable bonds is 11. The molecular weight excluding hydrogens is 1420 g/mol. The first-order valence-electron chi connectivity index (χ1n) is 28.1. The van der Waals surface area contributed by atoms with Gasteiger partial charge in [0.1, 0.15) is 12.3 Å². The van der Waals surface area contributed by atoms with Crippen LogP contribution in [0.2, 0.25) is 0 Å². The van der Waals surface area contributed by atoms with Crippen molar-refractivity contribution in [1.29, 1.82) is 0 Å². The summed E-state index contributed by atoms with van der Waals surface area (Å²) >= 11 is 0. The molecule has 0 spiro atoms. The summed E-state index contributed by atoms with van der Waals surface area (Å²) in [5.41, 5.74) is 15.9. The van der Waals surface area contributed by atoms with Crippen molar-refractivity contribution in [3.05, 3.63) is 396 Å². The standard InChI is InChI=1S/2C27H17.C26H24P2.2Au/c2*1-2-20-17-18-26-24(19-20)23-15-9-10-16-25(23)27(26,21-11-5-3-6-12-21)22-13-7-4-8-14-22;1-5-13-23(14-6-1)27(24-15-7-2-8-16-24)21-22-28(25-17-9-3-10-18-25)26-19-11-4-12-20-26;;/h2*3-19H;1-20H,21-22H2;;/q2*-1;;2*+1/p+2. The van der Waals surface area contributed by atoms with Crippen LogP contribution in [0.5, 0.6) is 0 Å². The number of hydrogen-bond donors (Lipinski definition) is 0. The van der Waals surface area contributed by atoms with Crippen LogP contribution >= 0.6 is 15.8 Å². The van der Waals surface area contributed by atoms with E-state index in [4.69, 9.17) is 12.8 Å². The minimum atomic E-state index is -0.783. The van der Waals surface area contributed by atoms with E-state index in [1.807, 2.05) is 12.1 Å². The zero-order valence-electron chi connectivity index (χ0n) is 46.2. The topological polar surface area (TPSA) is 0 Å². The van der Waals surface area contributed by atoms with E-state index < -0.39 is 15.8 Å². The van der Waals surface area contributed by atoms with Crippen LogP contribution in [0.3, 0.4) is 0 Å². The summed E-state index contributed by atoms with van der Waals surface area (Å²) in [5, 5.41) is 6.06. The van der Waals surface area contributed by atoms with Crippen LogP contribution in [0, 0.1) is 24.7 Å². The maximum absolute atomic E-state index is 7.57. The predicted molar refractivity (Wildman–Crippen MR) is 351 cm³/mol. The first-order valence-corrected chi connectivity index (χ1v) is 31.5. The van der Waals surface area contributed by atoms with Crippen molar-refractivity contribution in [2.45, 2.75) is 10.8 Å². The van der Waals surface area contributed by atoms with E-state index in [0.717, 1.165) is 11.1 Å². The molecule has 0 aliphatic heterocycles. The Labute approximate surface area is 530 Å². The van der Waals surface area contributed by atoms with Crippen LogP contribution in [0.1, 0.15) is 55.6 Å². The summed E-state index contributed by atoms with van der Waals surface area (Å²) in [6.07, 6.45) is 17.7. The van der Waals surface area contributed by atoms with Crippen molar-refractivity contribution in [1.82, 2.24) is 0 Å². The largest absolute Gasteiger partial charge is 1.00 e. The summed E-state index contributed by atoms with van der Waals surface area (Å²) in [6.45, 7) is 0. The molecule has 0 saturated heterocycles. The summed E-state index contributed by atoms with van der Waals surface area (Å²) in [5.74, 6) is 5.09. The van der Waals surface area contributed by atoms with E-state index in [2.05, 4.69) is 327 Å². The fourth-order valence-corrected chi connectivity index (χ4v) is 19.0. The number of benzene rings is 12. The molecule has 0 N–H and O–H groups in total. The van der Waals surface area contributed by atoms with Crippen molar-refractivity contribution in [2.24, 2.45) is 0 Å². The van der Waals surface area contributed by atoms with Crippen molar-refractivity contribution in [2.75, 3.05) is 12.3 Å². The second kappa shape index (κ2) is 27.7. The van der Waals surface area contributed by atoms with E-state index in [0.29, 0.717) is 0 Å². The van der Waals surface area contributed by atoms with Crippen molar-refractivity contribution < 1.29 is 44.8 Å². The van der Waals surface area contributed by atoms with Gasteiger partial charge in [-0.05, 0) is 115 Å². The second-order valence-electron chi connectivity index (χ2n) is 20.7. The Balaban J connectivity index is 0.000000139. The van der Waals surface area contributed by atoms with E-state index in [1.54, 1.807) is 0 Å². The van der Waals surface area contributed by atoms with Gasteiger partial charge in [-0.25, -0.2) is 0 Å². The van der Waals surface area contributed by atoms with Gasteiger partial charge in [0.15, 0.2) is 0 Å². The van der Waals surface area contributed by atoms with Crippen LogP contribution in [0.25, 0.3) is 22.3 Å². The van der Waals surface area contributed by atoms with Gasteiger partial charge in [0.05, 0.1) is 47.9 Å². The molecule has 2 aliphatic rings. The zero-order valence-corrected chi connectivity index (χ0v) is 52.5. The van der Waals surface area contributed by atoms with Gasteiger partial charge in [0, 0.05) is 0 Å². The van der Waals surface area contributed by atoms with Crippen molar-refractivity contribution >= 4 is 37.1 Å². The molecule has 4 heteroatoms. The Bertz CT molecular complexity index is 3730. The fraction of sp³-hybridized carbons (Fsp3) is 0.0500. The minimum Gasteiger partial charge on any atom is -0.366 e. The summed E-state index contributed by atoms with van der Waals surface area (Å²) in [7, 11) is -1.57. The molecule has 0 nitrogen and oxygen atoms in total. The molecule has 410 valence electrons. The molecule has 0 radical (unpaired) electrons. The Morgan fingerprint density at radius 3 is 0.738 bits per heavy atom. The monoisotopic (exact) mass is 1480 g/mol. The molecule has 12 aromatic carbocycles. The molecule has 2 aliphatic carbocycles. The first-order chi connectivity index (χ1) is 40.6. The smallest absolute Gasteiger partial charge is 0.366 e. The van der Waals surface area contributed by atoms with E-state index >= 15 is 0 Å². The average Bonchev–Trinajstić information content (AvgIpc) is 1.72. The molecule has 0 aromatic heterocycles. The normalized spacial score (nSPS) is 12.3. The van der Waals surface area contributed by atoms with E-state index in [-0.39, 0.29) is 55.6 Å². The van der Waals surface area contributed by atoms with E-state index in [1.165, 1.54) is 100 Å². The quantitative estimate of drug-likeness (QED) is 0.0524. The number of fused-ring (bicyclic) bond motifs is 6. The summed E-state index contributed by atoms with van der Waals surface area (Å²) in [6, 6.07) is 117. The van der Waals surface area contributed by atoms with Gasteiger partial charge < -0.3 is 12.8 Å². The van der Waals surface area contributed by atoms with Gasteiger partial charge in [-0.15, -0.1) is 35.4 Å². The van der Waals surface area contributed by atoms with Crippen LogP contribution in [0.4, 0.5) is 0 Å². The van der Waals surface area contributed by atoms with E-state index in [9.17, 15) is 0 Å². The molecule has 0 fully saturated rings. The van der Waals surface area contributed by atoms with Gasteiger partial charge in [-0.1, -0.05) is 255 Å². The first kappa shape index (κ1) is 59.3. The zero-order chi connectivity index (χ0) is 55.6. The fourth-order valence-electron chi connectivity index (χ4n) is 12.8. The molecule has 0 unspecified atom stereocenters. The molecule has 0 bridgehead atoms. The average molecular weight is 1480 g/mol. The van der Waals surface area contributed by atoms with Crippen LogP contribution in [0.15, 0.2) is 328 Å². The second-order valence-corrected chi connectivity index (χ2v) is 26.0.